The van der Waals surface area contributed by atoms with Crippen molar-refractivity contribution in [1.29, 1.82) is 0 Å². The number of aliphatic hydroxyl groups excluding tert-OH is 1. The van der Waals surface area contributed by atoms with Crippen molar-refractivity contribution in [3.8, 4) is 11.5 Å². The van der Waals surface area contributed by atoms with Gasteiger partial charge < -0.3 is 20.7 Å². The Morgan fingerprint density at radius 3 is 2.23 bits per heavy atom. The Morgan fingerprint density at radius 1 is 1.00 bits per heavy atom. The van der Waals surface area contributed by atoms with E-state index >= 15 is 0 Å². The van der Waals surface area contributed by atoms with Crippen molar-refractivity contribution < 1.29 is 14.9 Å². The fourth-order valence-electron chi connectivity index (χ4n) is 3.52. The summed E-state index contributed by atoms with van der Waals surface area (Å²) < 4.78 is 5.75. The van der Waals surface area contributed by atoms with Gasteiger partial charge in [0.25, 0.3) is 0 Å². The molecular weight excluding hydrogens is 330 g/mol. The molecule has 1 aliphatic rings. The van der Waals surface area contributed by atoms with E-state index in [0.717, 1.165) is 25.7 Å². The number of hydrogen-bond donors (Lipinski definition) is 5. The molecule has 0 bridgehead atoms. The van der Waals surface area contributed by atoms with Crippen LogP contribution < -0.4 is 21.9 Å². The third kappa shape index (κ3) is 3.77. The average Bonchev–Trinajstić information content (AvgIpc) is 2.60. The van der Waals surface area contributed by atoms with E-state index in [-0.39, 0.29) is 17.5 Å². The van der Waals surface area contributed by atoms with Crippen LogP contribution in [0.25, 0.3) is 0 Å². The summed E-state index contributed by atoms with van der Waals surface area (Å²) in [6.07, 6.45) is 3.48. The van der Waals surface area contributed by atoms with Gasteiger partial charge in [0.2, 0.25) is 5.85 Å². The Bertz CT molecular complexity index is 767. The van der Waals surface area contributed by atoms with E-state index in [0.29, 0.717) is 22.8 Å². The van der Waals surface area contributed by atoms with Crippen molar-refractivity contribution in [3.63, 3.8) is 0 Å². The van der Waals surface area contributed by atoms with E-state index in [4.69, 9.17) is 21.9 Å². The Hall–Kier alpha value is -2.28. The van der Waals surface area contributed by atoms with Gasteiger partial charge in [-0.15, -0.1) is 0 Å². The molecule has 2 aromatic rings. The number of hydrogen-bond acceptors (Lipinski definition) is 6. The van der Waals surface area contributed by atoms with Crippen molar-refractivity contribution in [2.24, 2.45) is 11.5 Å². The molecule has 1 aliphatic carbocycles. The first-order chi connectivity index (χ1) is 12.3. The molecular formula is C20H27N3O3. The summed E-state index contributed by atoms with van der Waals surface area (Å²) in [5, 5.41) is 19.6. The summed E-state index contributed by atoms with van der Waals surface area (Å²) in [5.41, 5.74) is 20.5. The second-order valence-electron chi connectivity index (χ2n) is 7.16. The van der Waals surface area contributed by atoms with Crippen molar-refractivity contribution in [2.75, 3.05) is 5.73 Å². The van der Waals surface area contributed by atoms with E-state index in [1.54, 1.807) is 19.1 Å². The molecule has 6 heteroatoms. The first kappa shape index (κ1) is 18.5. The van der Waals surface area contributed by atoms with Crippen molar-refractivity contribution in [3.05, 3.63) is 53.1 Å². The largest absolute Gasteiger partial charge is 0.505 e. The van der Waals surface area contributed by atoms with Gasteiger partial charge >= 0.3 is 0 Å². The highest BCUT2D eigenvalue weighted by Gasteiger charge is 2.29. The van der Waals surface area contributed by atoms with Crippen LogP contribution in [0.2, 0.25) is 0 Å². The number of aryl methyl sites for hydroxylation is 1. The minimum Gasteiger partial charge on any atom is -0.505 e. The summed E-state index contributed by atoms with van der Waals surface area (Å²) in [7, 11) is 0. The summed E-state index contributed by atoms with van der Waals surface area (Å²) in [6, 6.07) is 11.0. The van der Waals surface area contributed by atoms with Gasteiger partial charge in [-0.25, -0.2) is 0 Å². The topological polar surface area (TPSA) is 128 Å². The zero-order valence-electron chi connectivity index (χ0n) is 15.0. The maximum absolute atomic E-state index is 10.0. The van der Waals surface area contributed by atoms with Crippen molar-refractivity contribution in [2.45, 2.75) is 50.5 Å². The van der Waals surface area contributed by atoms with Gasteiger partial charge in [0.05, 0.1) is 17.4 Å². The standard InChI is InChI=1S/C20H27N3O3/c1-12-2-11-17(18(21)19(12)25)20(22,23)26-16-9-5-14(6-10-16)13-3-7-15(24)8-4-13/h2,5-6,9-11,13,15,24-25H,3-4,7-8,21-23H2,1H3. The minimum absolute atomic E-state index is 0.0405. The molecule has 0 aliphatic heterocycles. The third-order valence-corrected chi connectivity index (χ3v) is 5.17. The molecule has 3 rings (SSSR count). The molecule has 8 N–H and O–H groups in total. The fourth-order valence-corrected chi connectivity index (χ4v) is 3.52. The van der Waals surface area contributed by atoms with Gasteiger partial charge in [0, 0.05) is 0 Å². The maximum atomic E-state index is 10.0. The predicted molar refractivity (Wildman–Crippen MR) is 102 cm³/mol. The molecule has 140 valence electrons. The van der Waals surface area contributed by atoms with Crippen LogP contribution in [-0.4, -0.2) is 16.3 Å². The number of aromatic hydroxyl groups is 1. The Labute approximate surface area is 153 Å². The quantitative estimate of drug-likeness (QED) is 0.325. The van der Waals surface area contributed by atoms with Gasteiger partial charge in [0.15, 0.2) is 0 Å². The lowest BCUT2D eigenvalue weighted by Crippen LogP contribution is -2.51. The van der Waals surface area contributed by atoms with Crippen LogP contribution in [0.5, 0.6) is 11.5 Å². The Balaban J connectivity index is 1.75. The molecule has 0 spiro atoms. The number of phenolic OH excluding ortho intramolecular Hbond substituents is 1. The van der Waals surface area contributed by atoms with Crippen LogP contribution in [0, 0.1) is 6.92 Å². The van der Waals surface area contributed by atoms with Gasteiger partial charge in [-0.05, 0) is 67.9 Å². The van der Waals surface area contributed by atoms with Gasteiger partial charge in [-0.3, -0.25) is 11.5 Å². The number of nitrogen functional groups attached to an aromatic ring is 1. The number of rotatable bonds is 4. The molecule has 0 saturated heterocycles. The molecule has 6 nitrogen and oxygen atoms in total. The van der Waals surface area contributed by atoms with E-state index in [1.807, 2.05) is 24.3 Å². The second-order valence-corrected chi connectivity index (χ2v) is 7.16. The maximum Gasteiger partial charge on any atom is 0.241 e. The van der Waals surface area contributed by atoms with E-state index in [9.17, 15) is 10.2 Å². The second kappa shape index (κ2) is 7.15. The zero-order valence-corrected chi connectivity index (χ0v) is 15.0. The molecule has 2 aromatic carbocycles. The third-order valence-electron chi connectivity index (χ3n) is 5.17. The molecule has 0 radical (unpaired) electrons. The van der Waals surface area contributed by atoms with Crippen LogP contribution in [0.4, 0.5) is 5.69 Å². The predicted octanol–water partition coefficient (Wildman–Crippen LogP) is 2.41. The highest BCUT2D eigenvalue weighted by atomic mass is 16.5. The minimum atomic E-state index is -1.66. The average molecular weight is 357 g/mol. The number of anilines is 1. The molecule has 0 aromatic heterocycles. The van der Waals surface area contributed by atoms with E-state index < -0.39 is 5.85 Å². The molecule has 0 atom stereocenters. The summed E-state index contributed by atoms with van der Waals surface area (Å²) in [4.78, 5) is 0. The lowest BCUT2D eigenvalue weighted by Gasteiger charge is -2.29. The molecule has 0 heterocycles. The van der Waals surface area contributed by atoms with Crippen LogP contribution in [0.3, 0.4) is 0 Å². The number of nitrogens with two attached hydrogens (primary N) is 3. The van der Waals surface area contributed by atoms with Gasteiger partial charge in [-0.2, -0.15) is 0 Å². The van der Waals surface area contributed by atoms with Crippen LogP contribution in [0.15, 0.2) is 36.4 Å². The van der Waals surface area contributed by atoms with Crippen molar-refractivity contribution in [1.82, 2.24) is 0 Å². The first-order valence-electron chi connectivity index (χ1n) is 8.91. The normalized spacial score (nSPS) is 20.8. The van der Waals surface area contributed by atoms with Crippen LogP contribution in [-0.2, 0) is 5.85 Å². The van der Waals surface area contributed by atoms with Crippen LogP contribution >= 0.6 is 0 Å². The molecule has 0 unspecified atom stereocenters. The number of ether oxygens (including phenoxy) is 1. The molecule has 1 saturated carbocycles. The Morgan fingerprint density at radius 2 is 1.62 bits per heavy atom. The first-order valence-corrected chi connectivity index (χ1v) is 8.91. The van der Waals surface area contributed by atoms with Gasteiger partial charge in [0.1, 0.15) is 11.5 Å². The summed E-state index contributed by atoms with van der Waals surface area (Å²) >= 11 is 0. The monoisotopic (exact) mass is 357 g/mol. The molecule has 26 heavy (non-hydrogen) atoms. The van der Waals surface area contributed by atoms with Crippen LogP contribution in [0.1, 0.15) is 48.3 Å². The lowest BCUT2D eigenvalue weighted by atomic mass is 9.83. The number of aliphatic hydroxyl groups is 1. The molecule has 0 amide bonds. The fraction of sp³-hybridized carbons (Fsp3) is 0.400. The number of phenols is 1. The van der Waals surface area contributed by atoms with E-state index in [2.05, 4.69) is 0 Å². The van der Waals surface area contributed by atoms with E-state index in [1.165, 1.54) is 5.56 Å². The highest BCUT2D eigenvalue weighted by molar-refractivity contribution is 5.62. The molecule has 1 fully saturated rings. The summed E-state index contributed by atoms with van der Waals surface area (Å²) in [6.45, 7) is 1.74. The summed E-state index contributed by atoms with van der Waals surface area (Å²) in [5.74, 6) is -0.723. The Kier molecular flexibility index (Phi) is 5.09. The highest BCUT2D eigenvalue weighted by Crippen LogP contribution is 2.35. The zero-order chi connectivity index (χ0) is 18.9. The SMILES string of the molecule is Cc1ccc(C(N)(N)Oc2ccc(C3CCC(O)CC3)cc2)c(N)c1O. The lowest BCUT2D eigenvalue weighted by molar-refractivity contribution is 0.0812. The van der Waals surface area contributed by atoms with Gasteiger partial charge in [-0.1, -0.05) is 18.2 Å². The number of benzene rings is 2. The van der Waals surface area contributed by atoms with Crippen molar-refractivity contribution >= 4 is 5.69 Å². The smallest absolute Gasteiger partial charge is 0.241 e.